The molecule has 0 fully saturated rings. The van der Waals surface area contributed by atoms with Crippen molar-refractivity contribution in [1.29, 1.82) is 0 Å². The van der Waals surface area contributed by atoms with Gasteiger partial charge in [-0.3, -0.25) is 4.79 Å². The lowest BCUT2D eigenvalue weighted by atomic mass is 10.2. The highest BCUT2D eigenvalue weighted by Gasteiger charge is 2.06. The highest BCUT2D eigenvalue weighted by Crippen LogP contribution is 2.11. The molecular weight excluding hydrogens is 228 g/mol. The number of rotatable bonds is 2. The predicted octanol–water partition coefficient (Wildman–Crippen LogP) is 1.84. The van der Waals surface area contributed by atoms with Crippen molar-refractivity contribution in [3.63, 3.8) is 0 Å². The van der Waals surface area contributed by atoms with Crippen LogP contribution in [0.4, 0.5) is 5.69 Å². The van der Waals surface area contributed by atoms with Crippen molar-refractivity contribution < 1.29 is 9.21 Å². The van der Waals surface area contributed by atoms with Crippen LogP contribution in [0.25, 0.3) is 0 Å². The van der Waals surface area contributed by atoms with E-state index in [4.69, 9.17) is 10.2 Å². The van der Waals surface area contributed by atoms with E-state index in [9.17, 15) is 4.79 Å². The maximum Gasteiger partial charge on any atom is 0.258 e. The molecule has 0 saturated heterocycles. The minimum absolute atomic E-state index is 0.215. The average Bonchev–Trinajstić information content (AvgIpc) is 2.91. The van der Waals surface area contributed by atoms with Crippen LogP contribution in [0.15, 0.2) is 47.3 Å². The molecule has 18 heavy (non-hydrogen) atoms. The Morgan fingerprint density at radius 3 is 3.00 bits per heavy atom. The second-order valence-electron chi connectivity index (χ2n) is 3.55. The first-order valence-electron chi connectivity index (χ1n) is 5.42. The summed E-state index contributed by atoms with van der Waals surface area (Å²) in [5, 5.41) is 2.76. The second kappa shape index (κ2) is 5.71. The molecule has 4 nitrogen and oxygen atoms in total. The smallest absolute Gasteiger partial charge is 0.258 e. The normalized spacial score (nSPS) is 9.39. The van der Waals surface area contributed by atoms with Crippen molar-refractivity contribution in [1.82, 2.24) is 0 Å². The number of nitrogens with one attached hydrogen (secondary N) is 1. The van der Waals surface area contributed by atoms with Gasteiger partial charge in [0.1, 0.15) is 6.26 Å². The number of hydrogen-bond donors (Lipinski definition) is 2. The van der Waals surface area contributed by atoms with E-state index in [1.807, 2.05) is 12.1 Å². The summed E-state index contributed by atoms with van der Waals surface area (Å²) in [6.07, 6.45) is 2.85. The average molecular weight is 240 g/mol. The minimum atomic E-state index is -0.215. The second-order valence-corrected chi connectivity index (χ2v) is 3.55. The van der Waals surface area contributed by atoms with Crippen molar-refractivity contribution in [2.24, 2.45) is 5.73 Å². The van der Waals surface area contributed by atoms with E-state index in [1.165, 1.54) is 12.5 Å². The number of benzene rings is 1. The molecule has 1 heterocycles. The highest BCUT2D eigenvalue weighted by molar-refractivity contribution is 6.04. The van der Waals surface area contributed by atoms with Gasteiger partial charge >= 0.3 is 0 Å². The number of anilines is 1. The molecule has 0 saturated carbocycles. The molecule has 0 spiro atoms. The summed E-state index contributed by atoms with van der Waals surface area (Å²) in [7, 11) is 0. The molecule has 3 N–H and O–H groups in total. The third-order valence-corrected chi connectivity index (χ3v) is 2.24. The summed E-state index contributed by atoms with van der Waals surface area (Å²) in [5.41, 5.74) is 7.28. The topological polar surface area (TPSA) is 68.3 Å². The van der Waals surface area contributed by atoms with Gasteiger partial charge in [-0.05, 0) is 24.3 Å². The molecule has 0 atom stereocenters. The minimum Gasteiger partial charge on any atom is -0.472 e. The number of furan rings is 1. The fraction of sp³-hybridized carbons (Fsp3) is 0.0714. The van der Waals surface area contributed by atoms with Crippen molar-refractivity contribution in [2.75, 3.05) is 11.9 Å². The zero-order valence-corrected chi connectivity index (χ0v) is 9.64. The summed E-state index contributed by atoms with van der Waals surface area (Å²) in [5.74, 6) is 5.46. The van der Waals surface area contributed by atoms with Crippen LogP contribution >= 0.6 is 0 Å². The van der Waals surface area contributed by atoms with Crippen molar-refractivity contribution in [3.8, 4) is 11.8 Å². The lowest BCUT2D eigenvalue weighted by molar-refractivity contribution is 0.102. The predicted molar refractivity (Wildman–Crippen MR) is 69.0 cm³/mol. The van der Waals surface area contributed by atoms with Crippen LogP contribution in [0.5, 0.6) is 0 Å². The molecular formula is C14H12N2O2. The number of amides is 1. The fourth-order valence-corrected chi connectivity index (χ4v) is 1.42. The fourth-order valence-electron chi connectivity index (χ4n) is 1.42. The van der Waals surface area contributed by atoms with Crippen LogP contribution < -0.4 is 11.1 Å². The van der Waals surface area contributed by atoms with Gasteiger partial charge in [0.15, 0.2) is 0 Å². The summed E-state index contributed by atoms with van der Waals surface area (Å²) < 4.78 is 4.85. The number of hydrogen-bond acceptors (Lipinski definition) is 3. The van der Waals surface area contributed by atoms with Crippen LogP contribution in [-0.4, -0.2) is 12.5 Å². The van der Waals surface area contributed by atoms with Gasteiger partial charge in [-0.1, -0.05) is 17.9 Å². The zero-order chi connectivity index (χ0) is 12.8. The molecule has 0 unspecified atom stereocenters. The van der Waals surface area contributed by atoms with E-state index >= 15 is 0 Å². The Hall–Kier alpha value is -2.51. The van der Waals surface area contributed by atoms with Crippen LogP contribution in [0, 0.1) is 11.8 Å². The standard InChI is InChI=1S/C14H12N2O2/c15-7-2-4-11-3-1-5-13(9-11)16-14(17)12-6-8-18-10-12/h1,3,5-6,8-10H,7,15H2,(H,16,17). The first-order chi connectivity index (χ1) is 8.79. The Bertz CT molecular complexity index is 592. The van der Waals surface area contributed by atoms with E-state index in [0.717, 1.165) is 5.56 Å². The molecule has 90 valence electrons. The molecule has 0 aliphatic rings. The van der Waals surface area contributed by atoms with Gasteiger partial charge in [0.25, 0.3) is 5.91 Å². The third kappa shape index (κ3) is 3.00. The SMILES string of the molecule is NCC#Cc1cccc(NC(=O)c2ccoc2)c1. The molecule has 0 aliphatic carbocycles. The lowest BCUT2D eigenvalue weighted by Crippen LogP contribution is -2.10. The number of nitrogens with two attached hydrogens (primary N) is 1. The van der Waals surface area contributed by atoms with Crippen molar-refractivity contribution in [3.05, 3.63) is 54.0 Å². The summed E-state index contributed by atoms with van der Waals surface area (Å²) >= 11 is 0. The van der Waals surface area contributed by atoms with Gasteiger partial charge in [0.2, 0.25) is 0 Å². The first kappa shape index (κ1) is 12.0. The van der Waals surface area contributed by atoms with E-state index < -0.39 is 0 Å². The molecule has 0 radical (unpaired) electrons. The molecule has 1 aromatic carbocycles. The van der Waals surface area contributed by atoms with E-state index in [0.29, 0.717) is 17.8 Å². The lowest BCUT2D eigenvalue weighted by Gasteiger charge is -2.03. The van der Waals surface area contributed by atoms with E-state index in [1.54, 1.807) is 18.2 Å². The first-order valence-corrected chi connectivity index (χ1v) is 5.42. The van der Waals surface area contributed by atoms with Crippen molar-refractivity contribution in [2.45, 2.75) is 0 Å². The van der Waals surface area contributed by atoms with Gasteiger partial charge in [-0.15, -0.1) is 0 Å². The molecule has 1 amide bonds. The van der Waals surface area contributed by atoms with Gasteiger partial charge in [-0.25, -0.2) is 0 Å². The molecule has 1 aromatic heterocycles. The zero-order valence-electron chi connectivity index (χ0n) is 9.64. The summed E-state index contributed by atoms with van der Waals surface area (Å²) in [6, 6.07) is 8.88. The molecule has 2 aromatic rings. The Balaban J connectivity index is 2.12. The Morgan fingerprint density at radius 1 is 1.39 bits per heavy atom. The number of carbonyl (C=O) groups is 1. The van der Waals surface area contributed by atoms with Crippen molar-refractivity contribution >= 4 is 11.6 Å². The largest absolute Gasteiger partial charge is 0.472 e. The maximum atomic E-state index is 11.8. The third-order valence-electron chi connectivity index (χ3n) is 2.24. The summed E-state index contributed by atoms with van der Waals surface area (Å²) in [6.45, 7) is 0.311. The van der Waals surface area contributed by atoms with Crippen LogP contribution in [-0.2, 0) is 0 Å². The van der Waals surface area contributed by atoms with Crippen LogP contribution in [0.1, 0.15) is 15.9 Å². The Labute approximate surface area is 105 Å². The Kier molecular flexibility index (Phi) is 3.79. The highest BCUT2D eigenvalue weighted by atomic mass is 16.3. The quantitative estimate of drug-likeness (QED) is 0.787. The molecule has 0 bridgehead atoms. The van der Waals surface area contributed by atoms with Gasteiger partial charge < -0.3 is 15.5 Å². The van der Waals surface area contributed by atoms with Gasteiger partial charge in [0.05, 0.1) is 18.4 Å². The Morgan fingerprint density at radius 2 is 2.28 bits per heavy atom. The van der Waals surface area contributed by atoms with Gasteiger partial charge in [-0.2, -0.15) is 0 Å². The molecule has 2 rings (SSSR count). The number of carbonyl (C=O) groups excluding carboxylic acids is 1. The van der Waals surface area contributed by atoms with Crippen LogP contribution in [0.3, 0.4) is 0 Å². The summed E-state index contributed by atoms with van der Waals surface area (Å²) in [4.78, 5) is 11.8. The monoisotopic (exact) mass is 240 g/mol. The van der Waals surface area contributed by atoms with E-state index in [2.05, 4.69) is 17.2 Å². The maximum absolute atomic E-state index is 11.8. The van der Waals surface area contributed by atoms with E-state index in [-0.39, 0.29) is 5.91 Å². The molecule has 0 aliphatic heterocycles. The van der Waals surface area contributed by atoms with Gasteiger partial charge in [0, 0.05) is 11.3 Å². The van der Waals surface area contributed by atoms with Crippen LogP contribution in [0.2, 0.25) is 0 Å². The molecule has 4 heteroatoms.